The molecule has 1 rings (SSSR count). The lowest BCUT2D eigenvalue weighted by molar-refractivity contribution is 0.140. The monoisotopic (exact) mass is 183 g/mol. The number of aliphatic hydroxyl groups excluding tert-OH is 1. The molecule has 0 aliphatic rings. The third-order valence-electron chi connectivity index (χ3n) is 2.20. The van der Waals surface area contributed by atoms with Gasteiger partial charge in [0.25, 0.3) is 0 Å². The molecule has 2 atom stereocenters. The van der Waals surface area contributed by atoms with Crippen molar-refractivity contribution in [1.29, 1.82) is 0 Å². The molecule has 1 aromatic rings. The molecule has 74 valence electrons. The van der Waals surface area contributed by atoms with Crippen LogP contribution in [0.15, 0.2) is 12.5 Å². The van der Waals surface area contributed by atoms with Crippen LogP contribution in [0.5, 0.6) is 0 Å². The first-order valence-electron chi connectivity index (χ1n) is 4.64. The molecule has 4 nitrogen and oxygen atoms in total. The number of hydrogen-bond acceptors (Lipinski definition) is 3. The maximum Gasteiger partial charge on any atom is 0.112 e. The predicted molar refractivity (Wildman–Crippen MR) is 51.1 cm³/mol. The van der Waals surface area contributed by atoms with E-state index in [9.17, 15) is 5.11 Å². The number of nitrogens with two attached hydrogens (primary N) is 1. The van der Waals surface area contributed by atoms with Crippen LogP contribution in [0.4, 0.5) is 0 Å². The van der Waals surface area contributed by atoms with Crippen molar-refractivity contribution in [3.63, 3.8) is 0 Å². The topological polar surface area (TPSA) is 64.1 Å². The van der Waals surface area contributed by atoms with Crippen LogP contribution in [0.25, 0.3) is 0 Å². The summed E-state index contributed by atoms with van der Waals surface area (Å²) in [4.78, 5) is 4.09. The fourth-order valence-corrected chi connectivity index (χ4v) is 1.15. The smallest absolute Gasteiger partial charge is 0.112 e. The first-order chi connectivity index (χ1) is 6.19. The molecule has 0 aromatic carbocycles. The molecule has 0 radical (unpaired) electrons. The molecule has 4 heteroatoms. The molecule has 0 bridgehead atoms. The Morgan fingerprint density at radius 2 is 2.31 bits per heavy atom. The Hall–Kier alpha value is -0.870. The molecule has 2 unspecified atom stereocenters. The molecule has 0 spiro atoms. The van der Waals surface area contributed by atoms with E-state index in [1.165, 1.54) is 0 Å². The number of imidazole rings is 1. The molecule has 0 aliphatic carbocycles. The van der Waals surface area contributed by atoms with Gasteiger partial charge in [0, 0.05) is 18.8 Å². The van der Waals surface area contributed by atoms with Crippen LogP contribution < -0.4 is 5.73 Å². The zero-order valence-corrected chi connectivity index (χ0v) is 8.14. The standard InChI is InChI=1S/C9H17N3O/c1-3-7(10)9(13)8-5-12(4-2)6-11-8/h5-7,9,13H,3-4,10H2,1-2H3. The number of aliphatic hydroxyl groups is 1. The highest BCUT2D eigenvalue weighted by Gasteiger charge is 2.17. The summed E-state index contributed by atoms with van der Waals surface area (Å²) in [7, 11) is 0. The molecule has 0 saturated heterocycles. The Balaban J connectivity index is 2.70. The summed E-state index contributed by atoms with van der Waals surface area (Å²) < 4.78 is 1.92. The lowest BCUT2D eigenvalue weighted by Gasteiger charge is -2.14. The average Bonchev–Trinajstić information content (AvgIpc) is 2.63. The normalized spacial score (nSPS) is 15.7. The van der Waals surface area contributed by atoms with Crippen molar-refractivity contribution in [2.75, 3.05) is 0 Å². The number of hydrogen-bond donors (Lipinski definition) is 2. The SMILES string of the molecule is CCC(N)C(O)c1cn(CC)cn1. The number of aryl methyl sites for hydroxylation is 1. The first-order valence-corrected chi connectivity index (χ1v) is 4.64. The van der Waals surface area contributed by atoms with Gasteiger partial charge in [0.1, 0.15) is 6.10 Å². The highest BCUT2D eigenvalue weighted by molar-refractivity contribution is 5.03. The second-order valence-electron chi connectivity index (χ2n) is 3.15. The molecule has 1 aromatic heterocycles. The number of nitrogens with zero attached hydrogens (tertiary/aromatic N) is 2. The van der Waals surface area contributed by atoms with Crippen molar-refractivity contribution in [1.82, 2.24) is 9.55 Å². The van der Waals surface area contributed by atoms with Gasteiger partial charge >= 0.3 is 0 Å². The minimum Gasteiger partial charge on any atom is -0.385 e. The summed E-state index contributed by atoms with van der Waals surface area (Å²) >= 11 is 0. The summed E-state index contributed by atoms with van der Waals surface area (Å²) in [5.74, 6) is 0. The molecule has 0 fully saturated rings. The molecular formula is C9H17N3O. The Bertz CT molecular complexity index is 259. The second-order valence-corrected chi connectivity index (χ2v) is 3.15. The van der Waals surface area contributed by atoms with Gasteiger partial charge in [-0.25, -0.2) is 4.98 Å². The van der Waals surface area contributed by atoms with Gasteiger partial charge in [0.15, 0.2) is 0 Å². The van der Waals surface area contributed by atoms with Gasteiger partial charge in [0.05, 0.1) is 12.0 Å². The summed E-state index contributed by atoms with van der Waals surface area (Å²) in [6.45, 7) is 4.84. The summed E-state index contributed by atoms with van der Waals surface area (Å²) in [6.07, 6.45) is 3.65. The Morgan fingerprint density at radius 1 is 1.62 bits per heavy atom. The number of rotatable bonds is 4. The minimum atomic E-state index is -0.641. The zero-order valence-electron chi connectivity index (χ0n) is 8.14. The molecule has 0 amide bonds. The summed E-state index contributed by atoms with van der Waals surface area (Å²) in [5.41, 5.74) is 6.36. The van der Waals surface area contributed by atoms with E-state index in [0.717, 1.165) is 13.0 Å². The lowest BCUT2D eigenvalue weighted by atomic mass is 10.1. The largest absolute Gasteiger partial charge is 0.385 e. The van der Waals surface area contributed by atoms with Crippen LogP contribution in [0.3, 0.4) is 0 Å². The van der Waals surface area contributed by atoms with Gasteiger partial charge in [-0.2, -0.15) is 0 Å². The maximum atomic E-state index is 9.70. The fraction of sp³-hybridized carbons (Fsp3) is 0.667. The van der Waals surface area contributed by atoms with Gasteiger partial charge in [-0.05, 0) is 13.3 Å². The highest BCUT2D eigenvalue weighted by atomic mass is 16.3. The van der Waals surface area contributed by atoms with Gasteiger partial charge in [-0.3, -0.25) is 0 Å². The van der Waals surface area contributed by atoms with Crippen LogP contribution >= 0.6 is 0 Å². The van der Waals surface area contributed by atoms with Crippen LogP contribution in [0, 0.1) is 0 Å². The fourth-order valence-electron chi connectivity index (χ4n) is 1.15. The van der Waals surface area contributed by atoms with Gasteiger partial charge < -0.3 is 15.4 Å². The molecular weight excluding hydrogens is 166 g/mol. The van der Waals surface area contributed by atoms with Crippen molar-refractivity contribution in [2.24, 2.45) is 5.73 Å². The van der Waals surface area contributed by atoms with Gasteiger partial charge in [-0.15, -0.1) is 0 Å². The summed E-state index contributed by atoms with van der Waals surface area (Å²) in [5, 5.41) is 9.70. The third kappa shape index (κ3) is 2.29. The van der Waals surface area contributed by atoms with E-state index in [1.54, 1.807) is 6.33 Å². The quantitative estimate of drug-likeness (QED) is 0.721. The molecule has 1 heterocycles. The van der Waals surface area contributed by atoms with E-state index in [2.05, 4.69) is 4.98 Å². The Morgan fingerprint density at radius 3 is 2.77 bits per heavy atom. The minimum absolute atomic E-state index is 0.222. The van der Waals surface area contributed by atoms with E-state index in [4.69, 9.17) is 5.73 Å². The van der Waals surface area contributed by atoms with E-state index >= 15 is 0 Å². The highest BCUT2D eigenvalue weighted by Crippen LogP contribution is 2.14. The van der Waals surface area contributed by atoms with Gasteiger partial charge in [-0.1, -0.05) is 6.92 Å². The van der Waals surface area contributed by atoms with Crippen LogP contribution in [-0.4, -0.2) is 20.7 Å². The average molecular weight is 183 g/mol. The van der Waals surface area contributed by atoms with E-state index in [-0.39, 0.29) is 6.04 Å². The van der Waals surface area contributed by atoms with Crippen molar-refractivity contribution in [2.45, 2.75) is 39.0 Å². The van der Waals surface area contributed by atoms with Crippen LogP contribution in [-0.2, 0) is 6.54 Å². The maximum absolute atomic E-state index is 9.70. The Labute approximate surface area is 78.4 Å². The molecule has 3 N–H and O–H groups in total. The summed E-state index contributed by atoms with van der Waals surface area (Å²) in [6, 6.07) is -0.222. The van der Waals surface area contributed by atoms with Crippen molar-refractivity contribution >= 4 is 0 Å². The number of aromatic nitrogens is 2. The van der Waals surface area contributed by atoms with Crippen LogP contribution in [0.1, 0.15) is 32.1 Å². The third-order valence-corrected chi connectivity index (χ3v) is 2.20. The second kappa shape index (κ2) is 4.39. The van der Waals surface area contributed by atoms with Crippen molar-refractivity contribution in [3.05, 3.63) is 18.2 Å². The van der Waals surface area contributed by atoms with Crippen molar-refractivity contribution < 1.29 is 5.11 Å². The molecule has 0 saturated carbocycles. The van der Waals surface area contributed by atoms with E-state index in [1.807, 2.05) is 24.6 Å². The first kappa shape index (κ1) is 10.2. The van der Waals surface area contributed by atoms with Crippen molar-refractivity contribution in [3.8, 4) is 0 Å². The Kier molecular flexibility index (Phi) is 3.45. The van der Waals surface area contributed by atoms with E-state index in [0.29, 0.717) is 5.69 Å². The van der Waals surface area contributed by atoms with E-state index < -0.39 is 6.10 Å². The zero-order chi connectivity index (χ0) is 9.84. The van der Waals surface area contributed by atoms with Gasteiger partial charge in [0.2, 0.25) is 0 Å². The molecule has 0 aliphatic heterocycles. The van der Waals surface area contributed by atoms with Crippen LogP contribution in [0.2, 0.25) is 0 Å². The predicted octanol–water partition coefficient (Wildman–Crippen LogP) is 0.674. The lowest BCUT2D eigenvalue weighted by Crippen LogP contribution is -2.27. The molecule has 13 heavy (non-hydrogen) atoms.